The summed E-state index contributed by atoms with van der Waals surface area (Å²) in [4.78, 5) is 1.18. The highest BCUT2D eigenvalue weighted by molar-refractivity contribution is 8.02. The van der Waals surface area contributed by atoms with Crippen LogP contribution in [0.4, 0.5) is 0 Å². The molecule has 0 aromatic heterocycles. The lowest BCUT2D eigenvalue weighted by molar-refractivity contribution is 0.111. The third kappa shape index (κ3) is 10.5. The van der Waals surface area contributed by atoms with E-state index >= 15 is 0 Å². The molecule has 0 N–H and O–H groups in total. The molecule has 0 bridgehead atoms. The number of rotatable bonds is 9. The van der Waals surface area contributed by atoms with Crippen LogP contribution in [-0.4, -0.2) is 23.2 Å². The van der Waals surface area contributed by atoms with E-state index in [4.69, 9.17) is 13.6 Å². The lowest BCUT2D eigenvalue weighted by atomic mass is 10.2. The van der Waals surface area contributed by atoms with Crippen molar-refractivity contribution in [2.24, 2.45) is 0 Å². The number of allylic oxidation sites excluding steroid dienone is 1. The number of thioether (sulfide) groups is 1. The summed E-state index contributed by atoms with van der Waals surface area (Å²) >= 11 is 1.65. The molecule has 1 rings (SSSR count). The van der Waals surface area contributed by atoms with Crippen LogP contribution in [0.15, 0.2) is 52.3 Å². The highest BCUT2D eigenvalue weighted by atomic mass is 32.2. The lowest BCUT2D eigenvalue weighted by Gasteiger charge is -2.24. The average Bonchev–Trinajstić information content (AvgIpc) is 2.43. The maximum atomic E-state index is 6.23. The second-order valence-electron chi connectivity index (χ2n) is 7.78. The predicted octanol–water partition coefficient (Wildman–Crippen LogP) is 6.51. The fraction of sp³-hybridized carbons (Fsp3) is 0.474. The quantitative estimate of drug-likeness (QED) is 0.206. The van der Waals surface area contributed by atoms with E-state index in [1.54, 1.807) is 11.8 Å². The first-order valence-corrected chi connectivity index (χ1v) is 16.3. The number of hydrogen-bond donors (Lipinski definition) is 0. The largest absolute Gasteiger partial charge is 0.544 e. The first kappa shape index (κ1) is 21.9. The highest BCUT2D eigenvalue weighted by Crippen LogP contribution is 2.25. The molecule has 0 unspecified atom stereocenters. The van der Waals surface area contributed by atoms with Crippen LogP contribution < -0.4 is 0 Å². The molecule has 0 aliphatic rings. The van der Waals surface area contributed by atoms with E-state index < -0.39 is 16.6 Å². The maximum absolute atomic E-state index is 6.23. The van der Waals surface area contributed by atoms with Crippen LogP contribution >= 0.6 is 11.8 Å². The van der Waals surface area contributed by atoms with Crippen LogP contribution in [0, 0.1) is 6.92 Å². The van der Waals surface area contributed by atoms with E-state index in [1.165, 1.54) is 10.5 Å². The smallest absolute Gasteiger partial charge is 0.269 e. The van der Waals surface area contributed by atoms with Gasteiger partial charge in [-0.15, -0.1) is 0 Å². The van der Waals surface area contributed by atoms with Crippen molar-refractivity contribution in [1.29, 1.82) is 0 Å². The zero-order valence-electron chi connectivity index (χ0n) is 16.8. The minimum absolute atomic E-state index is 0.552. The molecule has 140 valence electrons. The molecule has 0 spiro atoms. The Morgan fingerprint density at radius 3 is 2.00 bits per heavy atom. The van der Waals surface area contributed by atoms with Gasteiger partial charge in [-0.1, -0.05) is 29.5 Å². The second kappa shape index (κ2) is 9.55. The van der Waals surface area contributed by atoms with Crippen molar-refractivity contribution in [3.63, 3.8) is 0 Å². The Kier molecular flexibility index (Phi) is 8.37. The van der Waals surface area contributed by atoms with Gasteiger partial charge in [-0.25, -0.2) is 0 Å². The van der Waals surface area contributed by atoms with Crippen LogP contribution in [0.1, 0.15) is 12.5 Å². The van der Waals surface area contributed by atoms with Crippen LogP contribution in [-0.2, 0) is 13.6 Å². The Bertz CT molecular complexity index is 597. The third-order valence-corrected chi connectivity index (χ3v) is 5.27. The van der Waals surface area contributed by atoms with E-state index in [9.17, 15) is 0 Å². The van der Waals surface area contributed by atoms with Gasteiger partial charge in [0.15, 0.2) is 0 Å². The SMILES string of the molecule is CCO/C(=C\C(=C/Sc1ccc(C)cc1)O[Si](C)(C)C)O[Si](C)(C)C. The normalized spacial score (nSPS) is 13.6. The Morgan fingerprint density at radius 1 is 0.960 bits per heavy atom. The zero-order valence-corrected chi connectivity index (χ0v) is 19.6. The van der Waals surface area contributed by atoms with Crippen molar-refractivity contribution < 1.29 is 13.6 Å². The van der Waals surface area contributed by atoms with Crippen LogP contribution in [0.25, 0.3) is 0 Å². The summed E-state index contributed by atoms with van der Waals surface area (Å²) in [6.45, 7) is 17.6. The van der Waals surface area contributed by atoms with E-state index in [0.717, 1.165) is 5.76 Å². The molecule has 0 amide bonds. The van der Waals surface area contributed by atoms with Crippen LogP contribution in [0.5, 0.6) is 0 Å². The van der Waals surface area contributed by atoms with Gasteiger partial charge in [-0.2, -0.15) is 0 Å². The molecule has 0 aliphatic heterocycles. The van der Waals surface area contributed by atoms with Crippen molar-refractivity contribution in [3.05, 3.63) is 53.0 Å². The first-order valence-electron chi connectivity index (χ1n) is 8.64. The molecular weight excluding hydrogens is 364 g/mol. The number of aryl methyl sites for hydroxylation is 1. The Labute approximate surface area is 159 Å². The Morgan fingerprint density at radius 2 is 1.52 bits per heavy atom. The van der Waals surface area contributed by atoms with Gasteiger partial charge >= 0.3 is 0 Å². The second-order valence-corrected chi connectivity index (χ2v) is 17.6. The molecule has 0 saturated heterocycles. The van der Waals surface area contributed by atoms with Gasteiger partial charge in [0.05, 0.1) is 12.7 Å². The van der Waals surface area contributed by atoms with E-state index in [2.05, 4.69) is 70.5 Å². The summed E-state index contributed by atoms with van der Waals surface area (Å²) in [5, 5.41) is 2.04. The van der Waals surface area contributed by atoms with Gasteiger partial charge in [0.2, 0.25) is 16.6 Å². The molecule has 0 atom stereocenters. The fourth-order valence-electron chi connectivity index (χ4n) is 1.84. The summed E-state index contributed by atoms with van der Waals surface area (Å²) in [5.74, 6) is 1.35. The molecule has 25 heavy (non-hydrogen) atoms. The minimum atomic E-state index is -1.75. The van der Waals surface area contributed by atoms with Gasteiger partial charge in [0.1, 0.15) is 5.76 Å². The molecule has 1 aromatic rings. The third-order valence-electron chi connectivity index (χ3n) is 2.71. The molecule has 0 radical (unpaired) electrons. The van der Waals surface area contributed by atoms with Crippen LogP contribution in [0.3, 0.4) is 0 Å². The fourth-order valence-corrected chi connectivity index (χ4v) is 4.14. The summed E-state index contributed by atoms with van der Waals surface area (Å²) in [6, 6.07) is 8.47. The van der Waals surface area contributed by atoms with Gasteiger partial charge < -0.3 is 13.6 Å². The van der Waals surface area contributed by atoms with Crippen molar-refractivity contribution >= 4 is 28.4 Å². The number of benzene rings is 1. The van der Waals surface area contributed by atoms with Crippen molar-refractivity contribution in [2.75, 3.05) is 6.61 Å². The van der Waals surface area contributed by atoms with E-state index in [1.807, 2.05) is 18.4 Å². The molecule has 0 aliphatic carbocycles. The summed E-state index contributed by atoms with van der Waals surface area (Å²) in [6.07, 6.45) is 1.89. The summed E-state index contributed by atoms with van der Waals surface area (Å²) in [7, 11) is -3.49. The number of hydrogen-bond acceptors (Lipinski definition) is 4. The maximum Gasteiger partial charge on any atom is 0.269 e. The Balaban J connectivity index is 3.05. The predicted molar refractivity (Wildman–Crippen MR) is 114 cm³/mol. The topological polar surface area (TPSA) is 27.7 Å². The van der Waals surface area contributed by atoms with Gasteiger partial charge in [0.25, 0.3) is 5.95 Å². The summed E-state index contributed by atoms with van der Waals surface area (Å²) < 4.78 is 18.0. The summed E-state index contributed by atoms with van der Waals surface area (Å²) in [5.41, 5.74) is 1.26. The molecule has 6 heteroatoms. The van der Waals surface area contributed by atoms with E-state index in [0.29, 0.717) is 12.6 Å². The average molecular weight is 397 g/mol. The van der Waals surface area contributed by atoms with Crippen molar-refractivity contribution in [2.45, 2.75) is 58.0 Å². The van der Waals surface area contributed by atoms with Gasteiger partial charge in [-0.05, 0) is 65.3 Å². The first-order chi connectivity index (χ1) is 11.5. The van der Waals surface area contributed by atoms with E-state index in [-0.39, 0.29) is 0 Å². The van der Waals surface area contributed by atoms with Gasteiger partial charge in [0, 0.05) is 10.3 Å². The minimum Gasteiger partial charge on any atom is -0.544 e. The van der Waals surface area contributed by atoms with Gasteiger partial charge in [-0.3, -0.25) is 0 Å². The monoisotopic (exact) mass is 396 g/mol. The van der Waals surface area contributed by atoms with Crippen LogP contribution in [0.2, 0.25) is 39.3 Å². The highest BCUT2D eigenvalue weighted by Gasteiger charge is 2.21. The molecular formula is C19H32O3SSi2. The number of ether oxygens (including phenoxy) is 1. The molecule has 1 aromatic carbocycles. The van der Waals surface area contributed by atoms with Crippen molar-refractivity contribution in [3.8, 4) is 0 Å². The standard InChI is InChI=1S/C19H32O3SSi2/c1-9-20-19(22-25(6,7)8)14-17(21-24(3,4)5)15-23-18-12-10-16(2)11-13-18/h10-15H,9H2,1-8H3/b17-15+,19-14+. The molecule has 0 fully saturated rings. The Hall–Kier alpha value is -1.12. The zero-order chi connectivity index (χ0) is 19.1. The molecule has 3 nitrogen and oxygen atoms in total. The molecule has 0 saturated carbocycles. The molecule has 0 heterocycles. The lowest BCUT2D eigenvalue weighted by Crippen LogP contribution is -2.27. The van der Waals surface area contributed by atoms with Crippen molar-refractivity contribution in [1.82, 2.24) is 0 Å².